The van der Waals surface area contributed by atoms with E-state index in [0.717, 1.165) is 24.4 Å². The van der Waals surface area contributed by atoms with E-state index in [-0.39, 0.29) is 0 Å². The number of nitrogens with one attached hydrogen (secondary N) is 1. The topological polar surface area (TPSA) is 29.3 Å². The minimum atomic E-state index is 0.840. The van der Waals surface area contributed by atoms with Crippen molar-refractivity contribution in [1.82, 2.24) is 14.7 Å². The van der Waals surface area contributed by atoms with Crippen LogP contribution in [0.3, 0.4) is 0 Å². The number of hydrogen-bond acceptors (Lipinski definition) is 3. The number of nitrogens with zero attached hydrogens (tertiary/aromatic N) is 2. The molecule has 0 amide bonds. The van der Waals surface area contributed by atoms with E-state index in [0.29, 0.717) is 0 Å². The SMILES string of the molecule is Cc1cc(CNCc2c(C)nc3ccccn23)sc1C. The summed E-state index contributed by atoms with van der Waals surface area (Å²) in [6, 6.07) is 8.39. The average molecular weight is 285 g/mol. The van der Waals surface area contributed by atoms with Gasteiger partial charge in [-0.25, -0.2) is 4.98 Å². The van der Waals surface area contributed by atoms with Gasteiger partial charge in [-0.2, -0.15) is 0 Å². The Morgan fingerprint density at radius 1 is 1.20 bits per heavy atom. The average Bonchev–Trinajstić information content (AvgIpc) is 2.91. The molecule has 0 aliphatic carbocycles. The van der Waals surface area contributed by atoms with E-state index in [2.05, 4.69) is 47.7 Å². The van der Waals surface area contributed by atoms with Crippen molar-refractivity contribution in [3.05, 3.63) is 57.2 Å². The summed E-state index contributed by atoms with van der Waals surface area (Å²) in [5.41, 5.74) is 4.75. The van der Waals surface area contributed by atoms with E-state index < -0.39 is 0 Å². The van der Waals surface area contributed by atoms with Gasteiger partial charge < -0.3 is 9.72 Å². The minimum absolute atomic E-state index is 0.840. The molecule has 3 nitrogen and oxygen atoms in total. The molecule has 104 valence electrons. The molecule has 3 aromatic heterocycles. The highest BCUT2D eigenvalue weighted by atomic mass is 32.1. The molecule has 0 aromatic carbocycles. The summed E-state index contributed by atoms with van der Waals surface area (Å²) in [6.07, 6.45) is 2.08. The van der Waals surface area contributed by atoms with Crippen LogP contribution in [0.15, 0.2) is 30.5 Å². The first-order valence-electron chi connectivity index (χ1n) is 6.84. The van der Waals surface area contributed by atoms with Gasteiger partial charge in [0.2, 0.25) is 0 Å². The monoisotopic (exact) mass is 285 g/mol. The second-order valence-corrected chi connectivity index (χ2v) is 6.47. The highest BCUT2D eigenvalue weighted by Crippen LogP contribution is 2.20. The third kappa shape index (κ3) is 2.49. The lowest BCUT2D eigenvalue weighted by atomic mass is 10.3. The van der Waals surface area contributed by atoms with E-state index in [1.807, 2.05) is 29.5 Å². The van der Waals surface area contributed by atoms with E-state index in [4.69, 9.17) is 0 Å². The molecular formula is C16H19N3S. The fourth-order valence-electron chi connectivity index (χ4n) is 2.42. The van der Waals surface area contributed by atoms with Gasteiger partial charge in [-0.1, -0.05) is 6.07 Å². The number of imidazole rings is 1. The van der Waals surface area contributed by atoms with E-state index in [1.54, 1.807) is 0 Å². The van der Waals surface area contributed by atoms with Crippen molar-refractivity contribution in [2.75, 3.05) is 0 Å². The number of aromatic nitrogens is 2. The molecule has 3 aromatic rings. The highest BCUT2D eigenvalue weighted by molar-refractivity contribution is 7.12. The standard InChI is InChI=1S/C16H19N3S/c1-11-8-14(20-13(11)3)9-17-10-15-12(2)18-16-6-4-5-7-19(15)16/h4-8,17H,9-10H2,1-3H3. The van der Waals surface area contributed by atoms with Crippen LogP contribution in [0, 0.1) is 20.8 Å². The molecule has 20 heavy (non-hydrogen) atoms. The zero-order valence-electron chi connectivity index (χ0n) is 12.1. The fraction of sp³-hybridized carbons (Fsp3) is 0.312. The summed E-state index contributed by atoms with van der Waals surface area (Å²) < 4.78 is 2.16. The van der Waals surface area contributed by atoms with Crippen LogP contribution in [0.4, 0.5) is 0 Å². The molecule has 3 heterocycles. The van der Waals surface area contributed by atoms with Crippen molar-refractivity contribution >= 4 is 17.0 Å². The summed E-state index contributed by atoms with van der Waals surface area (Å²) in [5, 5.41) is 3.53. The maximum Gasteiger partial charge on any atom is 0.137 e. The van der Waals surface area contributed by atoms with Crippen LogP contribution in [0.1, 0.15) is 26.7 Å². The van der Waals surface area contributed by atoms with Crippen LogP contribution < -0.4 is 5.32 Å². The molecule has 0 aliphatic rings. The molecule has 0 spiro atoms. The Kier molecular flexibility index (Phi) is 3.59. The predicted molar refractivity (Wildman–Crippen MR) is 84.3 cm³/mol. The normalized spacial score (nSPS) is 11.3. The molecule has 3 rings (SSSR count). The lowest BCUT2D eigenvalue weighted by Gasteiger charge is -2.04. The minimum Gasteiger partial charge on any atom is -0.306 e. The first-order valence-corrected chi connectivity index (χ1v) is 7.66. The van der Waals surface area contributed by atoms with Crippen molar-refractivity contribution in [1.29, 1.82) is 0 Å². The number of hydrogen-bond donors (Lipinski definition) is 1. The quantitative estimate of drug-likeness (QED) is 0.793. The van der Waals surface area contributed by atoms with Crippen molar-refractivity contribution in [3.63, 3.8) is 0 Å². The second-order valence-electron chi connectivity index (χ2n) is 5.13. The van der Waals surface area contributed by atoms with Gasteiger partial charge >= 0.3 is 0 Å². The third-order valence-electron chi connectivity index (χ3n) is 3.64. The molecule has 4 heteroatoms. The van der Waals surface area contributed by atoms with Gasteiger partial charge in [0, 0.05) is 29.0 Å². The molecule has 1 N–H and O–H groups in total. The van der Waals surface area contributed by atoms with Gasteiger partial charge in [0.1, 0.15) is 5.65 Å². The predicted octanol–water partition coefficient (Wildman–Crippen LogP) is 3.61. The number of pyridine rings is 1. The number of rotatable bonds is 4. The van der Waals surface area contributed by atoms with Crippen LogP contribution in [-0.2, 0) is 13.1 Å². The van der Waals surface area contributed by atoms with Gasteiger partial charge in [-0.15, -0.1) is 11.3 Å². The molecule has 0 saturated carbocycles. The van der Waals surface area contributed by atoms with E-state index >= 15 is 0 Å². The van der Waals surface area contributed by atoms with Crippen molar-refractivity contribution < 1.29 is 0 Å². The van der Waals surface area contributed by atoms with Crippen molar-refractivity contribution in [2.24, 2.45) is 0 Å². The van der Waals surface area contributed by atoms with Gasteiger partial charge in [0.25, 0.3) is 0 Å². The van der Waals surface area contributed by atoms with Gasteiger partial charge in [0.15, 0.2) is 0 Å². The van der Waals surface area contributed by atoms with Crippen molar-refractivity contribution in [3.8, 4) is 0 Å². The number of aryl methyl sites for hydroxylation is 3. The fourth-order valence-corrected chi connectivity index (χ4v) is 3.44. The van der Waals surface area contributed by atoms with Gasteiger partial charge in [0.05, 0.1) is 11.4 Å². The molecular weight excluding hydrogens is 266 g/mol. The molecule has 0 fully saturated rings. The Morgan fingerprint density at radius 2 is 2.05 bits per heavy atom. The molecule has 0 atom stereocenters. The van der Waals surface area contributed by atoms with Gasteiger partial charge in [-0.3, -0.25) is 0 Å². The van der Waals surface area contributed by atoms with Gasteiger partial charge in [-0.05, 0) is 44.5 Å². The maximum absolute atomic E-state index is 4.58. The largest absolute Gasteiger partial charge is 0.306 e. The smallest absolute Gasteiger partial charge is 0.137 e. The molecule has 0 saturated heterocycles. The summed E-state index contributed by atoms with van der Waals surface area (Å²) in [4.78, 5) is 7.39. The summed E-state index contributed by atoms with van der Waals surface area (Å²) in [6.45, 7) is 8.18. The van der Waals surface area contributed by atoms with Crippen LogP contribution >= 0.6 is 11.3 Å². The lowest BCUT2D eigenvalue weighted by Crippen LogP contribution is -2.14. The lowest BCUT2D eigenvalue weighted by molar-refractivity contribution is 0.678. The Bertz CT molecular complexity index is 720. The summed E-state index contributed by atoms with van der Waals surface area (Å²) in [5.74, 6) is 0. The molecule has 0 aliphatic heterocycles. The summed E-state index contributed by atoms with van der Waals surface area (Å²) >= 11 is 1.87. The van der Waals surface area contributed by atoms with Crippen LogP contribution in [0.2, 0.25) is 0 Å². The molecule has 0 radical (unpaired) electrons. The number of thiophene rings is 1. The molecule has 0 unspecified atom stereocenters. The molecule has 0 bridgehead atoms. The zero-order chi connectivity index (χ0) is 14.1. The Hall–Kier alpha value is -1.65. The zero-order valence-corrected chi connectivity index (χ0v) is 12.9. The van der Waals surface area contributed by atoms with Crippen LogP contribution in [0.25, 0.3) is 5.65 Å². The number of fused-ring (bicyclic) bond motifs is 1. The van der Waals surface area contributed by atoms with E-state index in [9.17, 15) is 0 Å². The Balaban J connectivity index is 1.72. The first-order chi connectivity index (χ1) is 9.65. The Labute approximate surface area is 123 Å². The second kappa shape index (κ2) is 5.38. The first kappa shape index (κ1) is 13.3. The van der Waals surface area contributed by atoms with Crippen LogP contribution in [0.5, 0.6) is 0 Å². The highest BCUT2D eigenvalue weighted by Gasteiger charge is 2.08. The van der Waals surface area contributed by atoms with Crippen molar-refractivity contribution in [2.45, 2.75) is 33.9 Å². The van der Waals surface area contributed by atoms with Crippen LogP contribution in [-0.4, -0.2) is 9.38 Å². The third-order valence-corrected chi connectivity index (χ3v) is 4.79. The van der Waals surface area contributed by atoms with E-state index in [1.165, 1.54) is 21.0 Å². The maximum atomic E-state index is 4.58. The summed E-state index contributed by atoms with van der Waals surface area (Å²) in [7, 11) is 0. The Morgan fingerprint density at radius 3 is 2.80 bits per heavy atom.